The van der Waals surface area contributed by atoms with Gasteiger partial charge in [-0.2, -0.15) is 0 Å². The zero-order chi connectivity index (χ0) is 15.9. The highest BCUT2D eigenvalue weighted by molar-refractivity contribution is 14.1. The second kappa shape index (κ2) is 9.85. The SMILES string of the molecule is CCCCCC1CCC(c2ccc(CCC)c(I)c2I)CC1. The molecule has 2 heteroatoms. The largest absolute Gasteiger partial charge is 0.0654 e. The van der Waals surface area contributed by atoms with E-state index in [1.807, 2.05) is 0 Å². The zero-order valence-corrected chi connectivity index (χ0v) is 18.5. The van der Waals surface area contributed by atoms with E-state index in [0.717, 1.165) is 11.8 Å². The molecule has 1 fully saturated rings. The summed E-state index contributed by atoms with van der Waals surface area (Å²) in [5.74, 6) is 1.83. The summed E-state index contributed by atoms with van der Waals surface area (Å²) in [6, 6.07) is 4.84. The Morgan fingerprint density at radius 2 is 1.64 bits per heavy atom. The van der Waals surface area contributed by atoms with Crippen LogP contribution in [0, 0.1) is 13.1 Å². The minimum absolute atomic E-state index is 0.818. The van der Waals surface area contributed by atoms with Crippen LogP contribution in [-0.2, 0) is 6.42 Å². The number of unbranched alkanes of at least 4 members (excludes halogenated alkanes) is 2. The second-order valence-corrected chi connectivity index (χ2v) is 9.06. The third-order valence-electron chi connectivity index (χ3n) is 5.21. The first-order valence-corrected chi connectivity index (χ1v) is 11.3. The van der Waals surface area contributed by atoms with Crippen LogP contribution in [0.1, 0.15) is 88.7 Å². The van der Waals surface area contributed by atoms with Gasteiger partial charge in [-0.3, -0.25) is 0 Å². The smallest absolute Gasteiger partial charge is 0.0301 e. The van der Waals surface area contributed by atoms with Crippen LogP contribution in [0.5, 0.6) is 0 Å². The molecule has 1 aliphatic rings. The summed E-state index contributed by atoms with van der Waals surface area (Å²) >= 11 is 5.17. The quantitative estimate of drug-likeness (QED) is 0.253. The normalized spacial score (nSPS) is 22.0. The molecule has 22 heavy (non-hydrogen) atoms. The van der Waals surface area contributed by atoms with Crippen molar-refractivity contribution in [2.24, 2.45) is 5.92 Å². The van der Waals surface area contributed by atoms with Crippen molar-refractivity contribution in [3.63, 3.8) is 0 Å². The van der Waals surface area contributed by atoms with Crippen LogP contribution in [0.2, 0.25) is 0 Å². The van der Waals surface area contributed by atoms with Crippen molar-refractivity contribution >= 4 is 45.2 Å². The molecule has 0 saturated heterocycles. The Balaban J connectivity index is 1.95. The van der Waals surface area contributed by atoms with Gasteiger partial charge in [0.15, 0.2) is 0 Å². The van der Waals surface area contributed by atoms with Gasteiger partial charge in [-0.1, -0.05) is 58.1 Å². The average molecular weight is 524 g/mol. The maximum atomic E-state index is 2.60. The molecule has 0 spiro atoms. The van der Waals surface area contributed by atoms with E-state index in [0.29, 0.717) is 0 Å². The lowest BCUT2D eigenvalue weighted by molar-refractivity contribution is 0.302. The number of benzene rings is 1. The van der Waals surface area contributed by atoms with Gasteiger partial charge >= 0.3 is 0 Å². The van der Waals surface area contributed by atoms with Crippen molar-refractivity contribution in [3.05, 3.63) is 30.4 Å². The third-order valence-corrected chi connectivity index (χ3v) is 8.64. The second-order valence-electron chi connectivity index (χ2n) is 6.91. The molecular formula is C20H30I2. The van der Waals surface area contributed by atoms with Gasteiger partial charge in [0.1, 0.15) is 0 Å². The predicted molar refractivity (Wildman–Crippen MR) is 115 cm³/mol. The Morgan fingerprint density at radius 1 is 0.909 bits per heavy atom. The molecule has 0 bridgehead atoms. The summed E-state index contributed by atoms with van der Waals surface area (Å²) in [6.45, 7) is 4.58. The maximum Gasteiger partial charge on any atom is 0.0301 e. The van der Waals surface area contributed by atoms with Gasteiger partial charge < -0.3 is 0 Å². The third kappa shape index (κ3) is 5.09. The van der Waals surface area contributed by atoms with Crippen LogP contribution in [-0.4, -0.2) is 0 Å². The summed E-state index contributed by atoms with van der Waals surface area (Å²) in [7, 11) is 0. The van der Waals surface area contributed by atoms with Crippen LogP contribution >= 0.6 is 45.2 Å². The topological polar surface area (TPSA) is 0 Å². The highest BCUT2D eigenvalue weighted by atomic mass is 127. The Hall–Kier alpha value is 0.680. The molecule has 0 radical (unpaired) electrons. The summed E-state index contributed by atoms with van der Waals surface area (Å²) in [6.07, 6.45) is 13.9. The zero-order valence-electron chi connectivity index (χ0n) is 14.1. The predicted octanol–water partition coefficient (Wildman–Crippen LogP) is 7.70. The van der Waals surface area contributed by atoms with Crippen molar-refractivity contribution in [1.29, 1.82) is 0 Å². The van der Waals surface area contributed by atoms with Crippen molar-refractivity contribution in [3.8, 4) is 0 Å². The molecule has 0 aromatic heterocycles. The van der Waals surface area contributed by atoms with Crippen LogP contribution in [0.15, 0.2) is 12.1 Å². The molecule has 1 aromatic rings. The summed E-state index contributed by atoms with van der Waals surface area (Å²) in [5, 5.41) is 0. The van der Waals surface area contributed by atoms with Crippen LogP contribution < -0.4 is 0 Å². The molecule has 1 aliphatic carbocycles. The fourth-order valence-corrected chi connectivity index (χ4v) is 5.55. The minimum Gasteiger partial charge on any atom is -0.0654 e. The maximum absolute atomic E-state index is 2.60. The number of hydrogen-bond donors (Lipinski definition) is 0. The van der Waals surface area contributed by atoms with E-state index in [1.165, 1.54) is 67.8 Å². The summed E-state index contributed by atoms with van der Waals surface area (Å²) < 4.78 is 3.06. The van der Waals surface area contributed by atoms with E-state index in [-0.39, 0.29) is 0 Å². The molecule has 124 valence electrons. The van der Waals surface area contributed by atoms with Crippen molar-refractivity contribution in [2.45, 2.75) is 84.0 Å². The van der Waals surface area contributed by atoms with Gasteiger partial charge in [0, 0.05) is 7.14 Å². The molecule has 1 saturated carbocycles. The lowest BCUT2D eigenvalue weighted by Gasteiger charge is -2.30. The molecule has 0 heterocycles. The first-order valence-electron chi connectivity index (χ1n) is 9.14. The monoisotopic (exact) mass is 524 g/mol. The molecule has 0 nitrogen and oxygen atoms in total. The average Bonchev–Trinajstić information content (AvgIpc) is 2.53. The fraction of sp³-hybridized carbons (Fsp3) is 0.700. The first-order chi connectivity index (χ1) is 10.7. The Bertz CT molecular complexity index is 459. The van der Waals surface area contributed by atoms with Gasteiger partial charge in [-0.15, -0.1) is 0 Å². The molecule has 0 aliphatic heterocycles. The van der Waals surface area contributed by atoms with E-state index in [9.17, 15) is 0 Å². The van der Waals surface area contributed by atoms with E-state index >= 15 is 0 Å². The van der Waals surface area contributed by atoms with E-state index in [1.54, 1.807) is 14.7 Å². The molecular weight excluding hydrogens is 494 g/mol. The van der Waals surface area contributed by atoms with Crippen molar-refractivity contribution in [1.82, 2.24) is 0 Å². The van der Waals surface area contributed by atoms with E-state index in [4.69, 9.17) is 0 Å². The number of hydrogen-bond acceptors (Lipinski definition) is 0. The van der Waals surface area contributed by atoms with Crippen molar-refractivity contribution in [2.75, 3.05) is 0 Å². The van der Waals surface area contributed by atoms with Gasteiger partial charge in [0.05, 0.1) is 0 Å². The lowest BCUT2D eigenvalue weighted by Crippen LogP contribution is -2.15. The van der Waals surface area contributed by atoms with Crippen molar-refractivity contribution < 1.29 is 0 Å². The summed E-state index contributed by atoms with van der Waals surface area (Å²) in [4.78, 5) is 0. The Labute approximate surface area is 164 Å². The van der Waals surface area contributed by atoms with E-state index in [2.05, 4.69) is 71.2 Å². The van der Waals surface area contributed by atoms with Crippen LogP contribution in [0.4, 0.5) is 0 Å². The highest BCUT2D eigenvalue weighted by Crippen LogP contribution is 2.40. The first kappa shape index (κ1) is 19.0. The standard InChI is InChI=1S/C20H30I2/c1-3-5-6-8-15-9-11-16(12-10-15)18-14-13-17(7-4-2)19(21)20(18)22/h13-16H,3-12H2,1-2H3. The van der Waals surface area contributed by atoms with Crippen LogP contribution in [0.3, 0.4) is 0 Å². The molecule has 0 N–H and O–H groups in total. The lowest BCUT2D eigenvalue weighted by atomic mass is 9.77. The minimum atomic E-state index is 0.818. The molecule has 0 atom stereocenters. The number of halogens is 2. The molecule has 2 rings (SSSR count). The Kier molecular flexibility index (Phi) is 8.51. The number of rotatable bonds is 7. The summed E-state index contributed by atoms with van der Waals surface area (Å²) in [5.41, 5.74) is 3.18. The number of aryl methyl sites for hydroxylation is 1. The fourth-order valence-electron chi connectivity index (χ4n) is 3.83. The highest BCUT2D eigenvalue weighted by Gasteiger charge is 2.24. The van der Waals surface area contributed by atoms with Gasteiger partial charge in [0.2, 0.25) is 0 Å². The van der Waals surface area contributed by atoms with Crippen LogP contribution in [0.25, 0.3) is 0 Å². The van der Waals surface area contributed by atoms with Gasteiger partial charge in [0.25, 0.3) is 0 Å². The molecule has 0 amide bonds. The van der Waals surface area contributed by atoms with Gasteiger partial charge in [-0.05, 0) is 100 Å². The molecule has 1 aromatic carbocycles. The van der Waals surface area contributed by atoms with Gasteiger partial charge in [-0.25, -0.2) is 0 Å². The molecule has 0 unspecified atom stereocenters. The van der Waals surface area contributed by atoms with E-state index < -0.39 is 0 Å². The Morgan fingerprint density at radius 3 is 2.27 bits per heavy atom.